The summed E-state index contributed by atoms with van der Waals surface area (Å²) >= 11 is 3.35. The first-order chi connectivity index (χ1) is 8.22. The van der Waals surface area contributed by atoms with Gasteiger partial charge >= 0.3 is 0 Å². The van der Waals surface area contributed by atoms with Crippen molar-refractivity contribution in [2.24, 2.45) is 5.11 Å². The molecule has 0 fully saturated rings. The second-order valence-electron chi connectivity index (χ2n) is 3.46. The van der Waals surface area contributed by atoms with E-state index in [9.17, 15) is 4.79 Å². The monoisotopic (exact) mass is 296 g/mol. The molecule has 0 bridgehead atoms. The molecule has 1 aromatic rings. The maximum Gasteiger partial charge on any atom is 0.224 e. The molecule has 0 spiro atoms. The summed E-state index contributed by atoms with van der Waals surface area (Å²) in [5.74, 6) is -0.0240. The number of nitrogens with one attached hydrogen (secondary N) is 1. The third-order valence-electron chi connectivity index (χ3n) is 2.07. The van der Waals surface area contributed by atoms with E-state index in [1.54, 1.807) is 0 Å². The van der Waals surface area contributed by atoms with Crippen molar-refractivity contribution in [2.75, 3.05) is 13.1 Å². The van der Waals surface area contributed by atoms with Gasteiger partial charge in [-0.1, -0.05) is 33.2 Å². The van der Waals surface area contributed by atoms with E-state index >= 15 is 0 Å². The smallest absolute Gasteiger partial charge is 0.224 e. The number of azide groups is 1. The van der Waals surface area contributed by atoms with E-state index in [-0.39, 0.29) is 5.91 Å². The second kappa shape index (κ2) is 7.70. The molecule has 90 valence electrons. The van der Waals surface area contributed by atoms with Crippen LogP contribution in [0.15, 0.2) is 33.9 Å². The van der Waals surface area contributed by atoms with Crippen molar-refractivity contribution in [3.63, 3.8) is 0 Å². The van der Waals surface area contributed by atoms with Crippen LogP contribution in [-0.2, 0) is 11.2 Å². The zero-order valence-corrected chi connectivity index (χ0v) is 10.9. The quantitative estimate of drug-likeness (QED) is 0.372. The highest BCUT2D eigenvalue weighted by Gasteiger charge is 2.02. The molecule has 1 amide bonds. The molecule has 0 heterocycles. The van der Waals surface area contributed by atoms with Gasteiger partial charge in [0.1, 0.15) is 0 Å². The van der Waals surface area contributed by atoms with Crippen LogP contribution in [0.5, 0.6) is 0 Å². The Morgan fingerprint density at radius 3 is 3.06 bits per heavy atom. The lowest BCUT2D eigenvalue weighted by Gasteiger charge is -2.04. The van der Waals surface area contributed by atoms with Crippen LogP contribution >= 0.6 is 15.9 Å². The van der Waals surface area contributed by atoms with Crippen molar-refractivity contribution in [1.29, 1.82) is 0 Å². The summed E-state index contributed by atoms with van der Waals surface area (Å²) in [6, 6.07) is 7.64. The minimum Gasteiger partial charge on any atom is -0.356 e. The highest BCUT2D eigenvalue weighted by molar-refractivity contribution is 9.10. The second-order valence-corrected chi connectivity index (χ2v) is 4.38. The number of nitrogens with zero attached hydrogens (tertiary/aromatic N) is 3. The van der Waals surface area contributed by atoms with Crippen molar-refractivity contribution in [3.05, 3.63) is 44.7 Å². The van der Waals surface area contributed by atoms with Crippen LogP contribution < -0.4 is 5.32 Å². The molecule has 6 heteroatoms. The first-order valence-corrected chi connectivity index (χ1v) is 6.03. The maximum absolute atomic E-state index is 11.5. The zero-order chi connectivity index (χ0) is 12.5. The summed E-state index contributed by atoms with van der Waals surface area (Å²) < 4.78 is 0.964. The predicted octanol–water partition coefficient (Wildman–Crippen LogP) is 2.81. The number of hydrogen-bond donors (Lipinski definition) is 1. The lowest BCUT2D eigenvalue weighted by Crippen LogP contribution is -2.26. The van der Waals surface area contributed by atoms with Crippen molar-refractivity contribution in [1.82, 2.24) is 5.32 Å². The number of carbonyl (C=O) groups excluding carboxylic acids is 1. The number of rotatable bonds is 6. The molecule has 0 aliphatic carbocycles. The number of hydrogen-bond acceptors (Lipinski definition) is 2. The molecular weight excluding hydrogens is 284 g/mol. The molecule has 0 radical (unpaired) electrons. The minimum atomic E-state index is -0.0240. The van der Waals surface area contributed by atoms with E-state index < -0.39 is 0 Å². The average Bonchev–Trinajstić information content (AvgIpc) is 2.29. The lowest BCUT2D eigenvalue weighted by atomic mass is 10.1. The van der Waals surface area contributed by atoms with Crippen LogP contribution in [0.4, 0.5) is 0 Å². The third kappa shape index (κ3) is 5.94. The van der Waals surface area contributed by atoms with Crippen LogP contribution in [0.2, 0.25) is 0 Å². The standard InChI is InChI=1S/C11H13BrN4O/c12-10-4-1-3-9(7-10)8-11(17)14-5-2-6-15-16-13/h1,3-4,7H,2,5-6,8H2,(H,14,17). The van der Waals surface area contributed by atoms with Gasteiger partial charge in [-0.05, 0) is 29.6 Å². The van der Waals surface area contributed by atoms with E-state index in [1.165, 1.54) is 0 Å². The van der Waals surface area contributed by atoms with E-state index in [2.05, 4.69) is 31.3 Å². The number of halogens is 1. The van der Waals surface area contributed by atoms with Gasteiger partial charge in [0.2, 0.25) is 5.91 Å². The number of amides is 1. The van der Waals surface area contributed by atoms with Crippen LogP contribution in [0, 0.1) is 0 Å². The van der Waals surface area contributed by atoms with Crippen LogP contribution in [0.3, 0.4) is 0 Å². The molecule has 1 aromatic carbocycles. The van der Waals surface area contributed by atoms with Gasteiger partial charge in [0.15, 0.2) is 0 Å². The molecule has 0 saturated carbocycles. The summed E-state index contributed by atoms with van der Waals surface area (Å²) in [6.45, 7) is 0.944. The molecule has 0 aromatic heterocycles. The maximum atomic E-state index is 11.5. The van der Waals surface area contributed by atoms with Gasteiger partial charge in [0.25, 0.3) is 0 Å². The van der Waals surface area contributed by atoms with E-state index in [0.717, 1.165) is 10.0 Å². The molecule has 1 rings (SSSR count). The predicted molar refractivity (Wildman–Crippen MR) is 69.5 cm³/mol. The Morgan fingerprint density at radius 2 is 2.35 bits per heavy atom. The van der Waals surface area contributed by atoms with Gasteiger partial charge in [-0.15, -0.1) is 0 Å². The summed E-state index contributed by atoms with van der Waals surface area (Å²) in [5.41, 5.74) is 9.03. The van der Waals surface area contributed by atoms with Crippen molar-refractivity contribution >= 4 is 21.8 Å². The molecule has 0 aliphatic rings. The largest absolute Gasteiger partial charge is 0.356 e. The van der Waals surface area contributed by atoms with E-state index in [0.29, 0.717) is 25.9 Å². The molecule has 0 atom stereocenters. The van der Waals surface area contributed by atoms with Gasteiger partial charge in [0.05, 0.1) is 6.42 Å². The molecular formula is C11H13BrN4O. The van der Waals surface area contributed by atoms with Gasteiger partial charge in [-0.3, -0.25) is 4.79 Å². The van der Waals surface area contributed by atoms with Crippen LogP contribution in [0.25, 0.3) is 10.4 Å². The summed E-state index contributed by atoms with van der Waals surface area (Å²) in [5, 5.41) is 6.16. The highest BCUT2D eigenvalue weighted by atomic mass is 79.9. The molecule has 5 nitrogen and oxygen atoms in total. The van der Waals surface area contributed by atoms with Crippen molar-refractivity contribution in [2.45, 2.75) is 12.8 Å². The van der Waals surface area contributed by atoms with Crippen LogP contribution in [-0.4, -0.2) is 19.0 Å². The third-order valence-corrected chi connectivity index (χ3v) is 2.57. The topological polar surface area (TPSA) is 77.9 Å². The Hall–Kier alpha value is -1.52. The zero-order valence-electron chi connectivity index (χ0n) is 9.27. The minimum absolute atomic E-state index is 0.0240. The Morgan fingerprint density at radius 1 is 1.53 bits per heavy atom. The normalized spacial score (nSPS) is 9.47. The average molecular weight is 297 g/mol. The van der Waals surface area contributed by atoms with E-state index in [4.69, 9.17) is 5.53 Å². The fourth-order valence-electron chi connectivity index (χ4n) is 1.32. The molecule has 0 unspecified atom stereocenters. The summed E-state index contributed by atoms with van der Waals surface area (Å²) in [7, 11) is 0. The fraction of sp³-hybridized carbons (Fsp3) is 0.364. The number of carbonyl (C=O) groups is 1. The Bertz CT molecular complexity index is 429. The molecule has 0 aliphatic heterocycles. The Kier molecular flexibility index (Phi) is 6.14. The summed E-state index contributed by atoms with van der Waals surface area (Å²) in [4.78, 5) is 14.2. The first kappa shape index (κ1) is 13.5. The van der Waals surface area contributed by atoms with Gasteiger partial charge in [-0.25, -0.2) is 0 Å². The van der Waals surface area contributed by atoms with Crippen molar-refractivity contribution < 1.29 is 4.79 Å². The highest BCUT2D eigenvalue weighted by Crippen LogP contribution is 2.11. The molecule has 1 N–H and O–H groups in total. The van der Waals surface area contributed by atoms with Gasteiger partial charge in [0, 0.05) is 22.5 Å². The summed E-state index contributed by atoms with van der Waals surface area (Å²) in [6.07, 6.45) is 1.02. The first-order valence-electron chi connectivity index (χ1n) is 5.24. The Labute approximate surface area is 108 Å². The molecule has 0 saturated heterocycles. The van der Waals surface area contributed by atoms with Crippen LogP contribution in [0.1, 0.15) is 12.0 Å². The molecule has 17 heavy (non-hydrogen) atoms. The van der Waals surface area contributed by atoms with E-state index in [1.807, 2.05) is 24.3 Å². The lowest BCUT2D eigenvalue weighted by molar-refractivity contribution is -0.120. The van der Waals surface area contributed by atoms with Gasteiger partial charge in [-0.2, -0.15) is 0 Å². The van der Waals surface area contributed by atoms with Crippen molar-refractivity contribution in [3.8, 4) is 0 Å². The Balaban J connectivity index is 2.27. The van der Waals surface area contributed by atoms with Gasteiger partial charge < -0.3 is 5.32 Å². The SMILES string of the molecule is [N-]=[N+]=NCCCNC(=O)Cc1cccc(Br)c1. The number of benzene rings is 1. The fourth-order valence-corrected chi connectivity index (χ4v) is 1.76.